The number of pyridine rings is 1. The number of methoxy groups -OCH3 is 2. The molecule has 0 aromatic carbocycles. The number of hydrogen-bond donors (Lipinski definition) is 2. The van der Waals surface area contributed by atoms with Gasteiger partial charge in [0, 0.05) is 20.4 Å². The van der Waals surface area contributed by atoms with Gasteiger partial charge in [0.05, 0.1) is 6.04 Å². The highest BCUT2D eigenvalue weighted by Crippen LogP contribution is 2.10. The maximum absolute atomic E-state index is 5.66. The van der Waals surface area contributed by atoms with Crippen LogP contribution >= 0.6 is 0 Å². The SMILES string of the molecule is CCNC(Cc1ccnc(N)c1)C(OC)OC. The molecule has 0 fully saturated rings. The third-order valence-electron chi connectivity index (χ3n) is 2.56. The van der Waals surface area contributed by atoms with Gasteiger partial charge in [-0.2, -0.15) is 0 Å². The second-order valence-corrected chi connectivity index (χ2v) is 3.80. The number of nitrogens with two attached hydrogens (primary N) is 1. The lowest BCUT2D eigenvalue weighted by Crippen LogP contribution is -2.43. The molecule has 0 spiro atoms. The van der Waals surface area contributed by atoms with Crippen molar-refractivity contribution in [3.05, 3.63) is 23.9 Å². The maximum Gasteiger partial charge on any atom is 0.172 e. The van der Waals surface area contributed by atoms with Crippen LogP contribution in [0.2, 0.25) is 0 Å². The van der Waals surface area contributed by atoms with E-state index in [1.54, 1.807) is 20.4 Å². The molecule has 0 saturated carbocycles. The molecule has 5 heteroatoms. The molecule has 0 saturated heterocycles. The average Bonchev–Trinajstić information content (AvgIpc) is 2.31. The number of nitrogen functional groups attached to an aromatic ring is 1. The first kappa shape index (κ1) is 13.9. The highest BCUT2D eigenvalue weighted by Gasteiger charge is 2.20. The zero-order valence-corrected chi connectivity index (χ0v) is 10.6. The molecule has 1 unspecified atom stereocenters. The van der Waals surface area contributed by atoms with E-state index in [0.717, 1.165) is 18.5 Å². The summed E-state index contributed by atoms with van der Waals surface area (Å²) in [4.78, 5) is 3.97. The first-order chi connectivity index (χ1) is 8.21. The van der Waals surface area contributed by atoms with Crippen LogP contribution in [-0.4, -0.2) is 38.1 Å². The topological polar surface area (TPSA) is 69.4 Å². The van der Waals surface area contributed by atoms with Gasteiger partial charge in [-0.1, -0.05) is 6.92 Å². The molecule has 1 aromatic rings. The Hall–Kier alpha value is -1.17. The van der Waals surface area contributed by atoms with Crippen molar-refractivity contribution in [1.82, 2.24) is 10.3 Å². The Labute approximate surface area is 102 Å². The van der Waals surface area contributed by atoms with E-state index < -0.39 is 0 Å². The normalized spacial score (nSPS) is 12.9. The van der Waals surface area contributed by atoms with Crippen LogP contribution in [0.3, 0.4) is 0 Å². The predicted molar refractivity (Wildman–Crippen MR) is 67.6 cm³/mol. The van der Waals surface area contributed by atoms with Crippen LogP contribution in [0.4, 0.5) is 5.82 Å². The summed E-state index contributed by atoms with van der Waals surface area (Å²) in [5.41, 5.74) is 6.77. The second kappa shape index (κ2) is 7.21. The minimum Gasteiger partial charge on any atom is -0.384 e. The van der Waals surface area contributed by atoms with Crippen molar-refractivity contribution in [1.29, 1.82) is 0 Å². The van der Waals surface area contributed by atoms with Gasteiger partial charge in [0.25, 0.3) is 0 Å². The van der Waals surface area contributed by atoms with E-state index in [1.165, 1.54) is 0 Å². The van der Waals surface area contributed by atoms with Gasteiger partial charge in [-0.3, -0.25) is 0 Å². The molecule has 0 bridgehead atoms. The number of nitrogens with one attached hydrogen (secondary N) is 1. The fourth-order valence-electron chi connectivity index (χ4n) is 1.83. The summed E-state index contributed by atoms with van der Waals surface area (Å²) < 4.78 is 10.6. The van der Waals surface area contributed by atoms with Gasteiger partial charge >= 0.3 is 0 Å². The molecule has 1 aromatic heterocycles. The monoisotopic (exact) mass is 239 g/mol. The van der Waals surface area contributed by atoms with Crippen LogP contribution < -0.4 is 11.1 Å². The number of hydrogen-bond acceptors (Lipinski definition) is 5. The Morgan fingerprint density at radius 1 is 1.41 bits per heavy atom. The Balaban J connectivity index is 2.71. The van der Waals surface area contributed by atoms with E-state index in [1.807, 2.05) is 12.1 Å². The molecule has 0 amide bonds. The molecular formula is C12H21N3O2. The molecule has 1 heterocycles. The predicted octanol–water partition coefficient (Wildman–Crippen LogP) is 0.803. The Morgan fingerprint density at radius 3 is 2.65 bits per heavy atom. The first-order valence-corrected chi connectivity index (χ1v) is 5.70. The maximum atomic E-state index is 5.66. The van der Waals surface area contributed by atoms with Crippen LogP contribution in [-0.2, 0) is 15.9 Å². The Kier molecular flexibility index (Phi) is 5.90. The van der Waals surface area contributed by atoms with E-state index in [2.05, 4.69) is 17.2 Å². The Bertz CT molecular complexity index is 329. The van der Waals surface area contributed by atoms with E-state index in [0.29, 0.717) is 5.82 Å². The highest BCUT2D eigenvalue weighted by molar-refractivity contribution is 5.32. The number of nitrogens with zero attached hydrogens (tertiary/aromatic N) is 1. The molecule has 5 nitrogen and oxygen atoms in total. The quantitative estimate of drug-likeness (QED) is 0.689. The van der Waals surface area contributed by atoms with Crippen LogP contribution in [0.5, 0.6) is 0 Å². The van der Waals surface area contributed by atoms with Gasteiger partial charge in [0.1, 0.15) is 5.82 Å². The zero-order chi connectivity index (χ0) is 12.7. The van der Waals surface area contributed by atoms with Crippen LogP contribution in [0.1, 0.15) is 12.5 Å². The Morgan fingerprint density at radius 2 is 2.12 bits per heavy atom. The van der Waals surface area contributed by atoms with E-state index in [9.17, 15) is 0 Å². The van der Waals surface area contributed by atoms with Crippen molar-refractivity contribution in [3.63, 3.8) is 0 Å². The minimum absolute atomic E-state index is 0.0943. The molecule has 0 aliphatic rings. The highest BCUT2D eigenvalue weighted by atomic mass is 16.7. The summed E-state index contributed by atoms with van der Waals surface area (Å²) in [5.74, 6) is 0.532. The van der Waals surface area contributed by atoms with Crippen molar-refractivity contribution in [3.8, 4) is 0 Å². The third kappa shape index (κ3) is 4.30. The molecule has 1 rings (SSSR count). The summed E-state index contributed by atoms with van der Waals surface area (Å²) in [6, 6.07) is 3.91. The van der Waals surface area contributed by atoms with Gasteiger partial charge in [-0.15, -0.1) is 0 Å². The van der Waals surface area contributed by atoms with Crippen molar-refractivity contribution in [2.45, 2.75) is 25.7 Å². The van der Waals surface area contributed by atoms with Crippen LogP contribution in [0.25, 0.3) is 0 Å². The molecule has 3 N–H and O–H groups in total. The molecule has 0 aliphatic carbocycles. The zero-order valence-electron chi connectivity index (χ0n) is 10.6. The van der Waals surface area contributed by atoms with Crippen molar-refractivity contribution >= 4 is 5.82 Å². The summed E-state index contributed by atoms with van der Waals surface area (Å²) in [6.45, 7) is 2.91. The molecule has 17 heavy (non-hydrogen) atoms. The lowest BCUT2D eigenvalue weighted by Gasteiger charge is -2.25. The van der Waals surface area contributed by atoms with Crippen molar-refractivity contribution < 1.29 is 9.47 Å². The number of aromatic nitrogens is 1. The van der Waals surface area contributed by atoms with Gasteiger partial charge in [-0.05, 0) is 30.7 Å². The number of anilines is 1. The molecule has 1 atom stereocenters. The molecule has 0 aliphatic heterocycles. The fourth-order valence-corrected chi connectivity index (χ4v) is 1.83. The summed E-state index contributed by atoms with van der Waals surface area (Å²) in [5, 5.41) is 3.34. The number of rotatable bonds is 7. The second-order valence-electron chi connectivity index (χ2n) is 3.80. The lowest BCUT2D eigenvalue weighted by atomic mass is 10.1. The van der Waals surface area contributed by atoms with E-state index in [4.69, 9.17) is 15.2 Å². The standard InChI is InChI=1S/C12H21N3O2/c1-4-14-10(12(16-2)17-3)7-9-5-6-15-11(13)8-9/h5-6,8,10,12,14H,4,7H2,1-3H3,(H2,13,15). The molecule has 0 radical (unpaired) electrons. The van der Waals surface area contributed by atoms with Gasteiger partial charge in [0.2, 0.25) is 0 Å². The van der Waals surface area contributed by atoms with E-state index in [-0.39, 0.29) is 12.3 Å². The summed E-state index contributed by atoms with van der Waals surface area (Å²) in [7, 11) is 3.28. The molecular weight excluding hydrogens is 218 g/mol. The lowest BCUT2D eigenvalue weighted by molar-refractivity contribution is -0.122. The van der Waals surface area contributed by atoms with Crippen LogP contribution in [0.15, 0.2) is 18.3 Å². The van der Waals surface area contributed by atoms with Gasteiger partial charge < -0.3 is 20.5 Å². The fraction of sp³-hybridized carbons (Fsp3) is 0.583. The average molecular weight is 239 g/mol. The van der Waals surface area contributed by atoms with Gasteiger partial charge in [-0.25, -0.2) is 4.98 Å². The number of likely N-dealkylation sites (N-methyl/N-ethyl adjacent to an activating group) is 1. The van der Waals surface area contributed by atoms with Crippen molar-refractivity contribution in [2.75, 3.05) is 26.5 Å². The third-order valence-corrected chi connectivity index (χ3v) is 2.56. The first-order valence-electron chi connectivity index (χ1n) is 5.70. The molecule has 96 valence electrons. The van der Waals surface area contributed by atoms with E-state index >= 15 is 0 Å². The summed E-state index contributed by atoms with van der Waals surface area (Å²) in [6.07, 6.45) is 2.22. The van der Waals surface area contributed by atoms with Crippen LogP contribution in [0, 0.1) is 0 Å². The minimum atomic E-state index is -0.274. The summed E-state index contributed by atoms with van der Waals surface area (Å²) >= 11 is 0. The van der Waals surface area contributed by atoms with Gasteiger partial charge in [0.15, 0.2) is 6.29 Å². The van der Waals surface area contributed by atoms with Crippen molar-refractivity contribution in [2.24, 2.45) is 0 Å². The number of ether oxygens (including phenoxy) is 2. The largest absolute Gasteiger partial charge is 0.384 e. The smallest absolute Gasteiger partial charge is 0.172 e.